The highest BCUT2D eigenvalue weighted by Crippen LogP contribution is 1.98. The average molecular weight is 207 g/mol. The van der Waals surface area contributed by atoms with Crippen molar-refractivity contribution in [2.45, 2.75) is 13.3 Å². The minimum atomic E-state index is -0.142. The zero-order valence-corrected chi connectivity index (χ0v) is 8.47. The average Bonchev–Trinajstić information content (AvgIpc) is 2.27. The lowest BCUT2D eigenvalue weighted by atomic mass is 10.2. The summed E-state index contributed by atoms with van der Waals surface area (Å²) >= 11 is 0. The van der Waals surface area contributed by atoms with E-state index in [1.165, 1.54) is 12.4 Å². The second-order valence-electron chi connectivity index (χ2n) is 2.97. The van der Waals surface area contributed by atoms with Gasteiger partial charge in [-0.2, -0.15) is 0 Å². The second-order valence-corrected chi connectivity index (χ2v) is 2.97. The topological polar surface area (TPSA) is 74.6 Å². The van der Waals surface area contributed by atoms with E-state index in [1.54, 1.807) is 12.1 Å². The first-order chi connectivity index (χ1) is 7.27. The van der Waals surface area contributed by atoms with Crippen molar-refractivity contribution in [3.05, 3.63) is 29.6 Å². The number of aromatic nitrogens is 1. The van der Waals surface area contributed by atoms with Crippen molar-refractivity contribution < 1.29 is 10.0 Å². The summed E-state index contributed by atoms with van der Waals surface area (Å²) in [6.45, 7) is 2.64. The highest BCUT2D eigenvalue weighted by atomic mass is 16.4. The van der Waals surface area contributed by atoms with E-state index < -0.39 is 0 Å². The lowest BCUT2D eigenvalue weighted by molar-refractivity contribution is 0.0953. The number of rotatable bonds is 4. The lowest BCUT2D eigenvalue weighted by Crippen LogP contribution is -2.24. The molecular formula is C10H13N3O2. The fourth-order valence-corrected chi connectivity index (χ4v) is 1.02. The van der Waals surface area contributed by atoms with Gasteiger partial charge in [-0.3, -0.25) is 9.78 Å². The molecule has 1 amide bonds. The van der Waals surface area contributed by atoms with Gasteiger partial charge in [-0.15, -0.1) is 0 Å². The molecule has 0 bridgehead atoms. The molecule has 1 aromatic rings. The highest BCUT2D eigenvalue weighted by Gasteiger charge is 2.03. The van der Waals surface area contributed by atoms with Gasteiger partial charge in [0.25, 0.3) is 5.91 Å². The van der Waals surface area contributed by atoms with E-state index in [4.69, 9.17) is 5.21 Å². The number of pyridine rings is 1. The van der Waals surface area contributed by atoms with Crippen LogP contribution in [0, 0.1) is 0 Å². The van der Waals surface area contributed by atoms with Crippen LogP contribution < -0.4 is 5.32 Å². The van der Waals surface area contributed by atoms with Crippen LogP contribution in [-0.2, 0) is 0 Å². The molecule has 0 aliphatic heterocycles. The summed E-state index contributed by atoms with van der Waals surface area (Å²) < 4.78 is 0. The number of hydrogen-bond donors (Lipinski definition) is 2. The van der Waals surface area contributed by atoms with Gasteiger partial charge in [0.2, 0.25) is 0 Å². The molecule has 0 saturated carbocycles. The van der Waals surface area contributed by atoms with Crippen molar-refractivity contribution >= 4 is 12.1 Å². The predicted molar refractivity (Wildman–Crippen MR) is 56.2 cm³/mol. The van der Waals surface area contributed by atoms with E-state index in [0.717, 1.165) is 6.42 Å². The van der Waals surface area contributed by atoms with E-state index in [0.29, 0.717) is 17.8 Å². The Balaban J connectivity index is 2.66. The third-order valence-electron chi connectivity index (χ3n) is 1.77. The van der Waals surface area contributed by atoms with Crippen molar-refractivity contribution in [3.8, 4) is 0 Å². The summed E-state index contributed by atoms with van der Waals surface area (Å²) in [4.78, 5) is 15.4. The Morgan fingerprint density at radius 1 is 1.67 bits per heavy atom. The Morgan fingerprint density at radius 3 is 3.00 bits per heavy atom. The SMILES string of the molecule is CCCNC(=O)c1ccc(/C=N/O)nc1. The van der Waals surface area contributed by atoms with Crippen molar-refractivity contribution in [1.29, 1.82) is 0 Å². The Bertz CT molecular complexity index is 346. The molecule has 1 heterocycles. The number of nitrogens with zero attached hydrogens (tertiary/aromatic N) is 2. The molecule has 0 unspecified atom stereocenters. The maximum atomic E-state index is 11.4. The molecule has 0 fully saturated rings. The summed E-state index contributed by atoms with van der Waals surface area (Å²) in [6, 6.07) is 3.25. The van der Waals surface area contributed by atoms with Crippen LogP contribution >= 0.6 is 0 Å². The zero-order valence-electron chi connectivity index (χ0n) is 8.47. The molecule has 0 aromatic carbocycles. The van der Waals surface area contributed by atoms with Crippen LogP contribution in [0.4, 0.5) is 0 Å². The molecule has 5 heteroatoms. The first-order valence-electron chi connectivity index (χ1n) is 4.69. The molecule has 5 nitrogen and oxygen atoms in total. The van der Waals surface area contributed by atoms with E-state index in [9.17, 15) is 4.79 Å². The van der Waals surface area contributed by atoms with Gasteiger partial charge in [0.1, 0.15) is 0 Å². The lowest BCUT2D eigenvalue weighted by Gasteiger charge is -2.02. The van der Waals surface area contributed by atoms with Crippen LogP contribution in [0.1, 0.15) is 29.4 Å². The largest absolute Gasteiger partial charge is 0.411 e. The van der Waals surface area contributed by atoms with E-state index in [1.807, 2.05) is 6.92 Å². The van der Waals surface area contributed by atoms with Gasteiger partial charge in [0.15, 0.2) is 0 Å². The molecule has 15 heavy (non-hydrogen) atoms. The van der Waals surface area contributed by atoms with E-state index in [-0.39, 0.29) is 5.91 Å². The minimum Gasteiger partial charge on any atom is -0.411 e. The Kier molecular flexibility index (Phi) is 4.28. The van der Waals surface area contributed by atoms with Gasteiger partial charge >= 0.3 is 0 Å². The van der Waals surface area contributed by atoms with E-state index >= 15 is 0 Å². The molecule has 0 atom stereocenters. The monoisotopic (exact) mass is 207 g/mol. The third-order valence-corrected chi connectivity index (χ3v) is 1.77. The van der Waals surface area contributed by atoms with Crippen LogP contribution in [0.3, 0.4) is 0 Å². The van der Waals surface area contributed by atoms with Crippen molar-refractivity contribution in [2.75, 3.05) is 6.54 Å². The molecule has 0 spiro atoms. The molecule has 80 valence electrons. The summed E-state index contributed by atoms with van der Waals surface area (Å²) in [5.74, 6) is -0.142. The smallest absolute Gasteiger partial charge is 0.252 e. The zero-order chi connectivity index (χ0) is 11.1. The number of carbonyl (C=O) groups is 1. The van der Waals surface area contributed by atoms with Crippen LogP contribution in [-0.4, -0.2) is 28.9 Å². The van der Waals surface area contributed by atoms with Crippen LogP contribution in [0.5, 0.6) is 0 Å². The van der Waals surface area contributed by atoms with Crippen LogP contribution in [0.25, 0.3) is 0 Å². The minimum absolute atomic E-state index is 0.142. The van der Waals surface area contributed by atoms with Gasteiger partial charge < -0.3 is 10.5 Å². The summed E-state index contributed by atoms with van der Waals surface area (Å²) in [5.41, 5.74) is 1.00. The molecular weight excluding hydrogens is 194 g/mol. The van der Waals surface area contributed by atoms with Crippen molar-refractivity contribution in [1.82, 2.24) is 10.3 Å². The van der Waals surface area contributed by atoms with Gasteiger partial charge in [-0.25, -0.2) is 0 Å². The Morgan fingerprint density at radius 2 is 2.47 bits per heavy atom. The van der Waals surface area contributed by atoms with Crippen molar-refractivity contribution in [3.63, 3.8) is 0 Å². The number of nitrogens with one attached hydrogen (secondary N) is 1. The quantitative estimate of drug-likeness (QED) is 0.440. The van der Waals surface area contributed by atoms with E-state index in [2.05, 4.69) is 15.5 Å². The summed E-state index contributed by atoms with van der Waals surface area (Å²) in [7, 11) is 0. The maximum absolute atomic E-state index is 11.4. The highest BCUT2D eigenvalue weighted by molar-refractivity contribution is 5.94. The Hall–Kier alpha value is -1.91. The second kappa shape index (κ2) is 5.74. The van der Waals surface area contributed by atoms with Crippen LogP contribution in [0.15, 0.2) is 23.5 Å². The Labute approximate surface area is 87.8 Å². The van der Waals surface area contributed by atoms with Gasteiger partial charge in [0.05, 0.1) is 17.5 Å². The summed E-state index contributed by atoms with van der Waals surface area (Å²) in [6.07, 6.45) is 3.55. The molecule has 1 rings (SSSR count). The standard InChI is InChI=1S/C10H13N3O2/c1-2-5-11-10(14)8-3-4-9(7-13-15)12-6-8/h3-4,6-7,15H,2,5H2,1H3,(H,11,14)/b13-7+. The predicted octanol–water partition coefficient (Wildman–Crippen LogP) is 1.03. The molecule has 0 saturated heterocycles. The first kappa shape index (κ1) is 11.2. The summed E-state index contributed by atoms with van der Waals surface area (Å²) in [5, 5.41) is 13.8. The molecule has 0 aliphatic rings. The molecule has 0 aliphatic carbocycles. The fourth-order valence-electron chi connectivity index (χ4n) is 1.02. The molecule has 0 radical (unpaired) electrons. The molecule has 1 aromatic heterocycles. The normalized spacial score (nSPS) is 10.5. The fraction of sp³-hybridized carbons (Fsp3) is 0.300. The molecule has 2 N–H and O–H groups in total. The number of amides is 1. The first-order valence-corrected chi connectivity index (χ1v) is 4.69. The van der Waals surface area contributed by atoms with Crippen molar-refractivity contribution in [2.24, 2.45) is 5.16 Å². The number of oxime groups is 1. The maximum Gasteiger partial charge on any atom is 0.252 e. The number of carbonyl (C=O) groups excluding carboxylic acids is 1. The number of hydrogen-bond acceptors (Lipinski definition) is 4. The van der Waals surface area contributed by atoms with Gasteiger partial charge in [-0.1, -0.05) is 12.1 Å². The third kappa shape index (κ3) is 3.38. The van der Waals surface area contributed by atoms with Gasteiger partial charge in [-0.05, 0) is 18.6 Å². The van der Waals surface area contributed by atoms with Gasteiger partial charge in [0, 0.05) is 12.7 Å². The van der Waals surface area contributed by atoms with Crippen LogP contribution in [0.2, 0.25) is 0 Å².